The molecule has 2 rings (SSSR count). The van der Waals surface area contributed by atoms with E-state index in [-0.39, 0.29) is 11.3 Å². The van der Waals surface area contributed by atoms with Crippen LogP contribution in [-0.2, 0) is 6.54 Å². The summed E-state index contributed by atoms with van der Waals surface area (Å²) >= 11 is 0. The van der Waals surface area contributed by atoms with Gasteiger partial charge in [-0.3, -0.25) is 0 Å². The highest BCUT2D eigenvalue weighted by Gasteiger charge is 2.03. The molecule has 6 heteroatoms. The summed E-state index contributed by atoms with van der Waals surface area (Å²) in [5.74, 6) is -0.419. The number of hydrogen-bond acceptors (Lipinski definition) is 5. The first-order valence-electron chi connectivity index (χ1n) is 5.57. The van der Waals surface area contributed by atoms with Gasteiger partial charge in [0.2, 0.25) is 0 Å². The molecule has 0 unspecified atom stereocenters. The van der Waals surface area contributed by atoms with Crippen molar-refractivity contribution >= 4 is 17.5 Å². The fourth-order valence-corrected chi connectivity index (χ4v) is 1.52. The molecule has 2 aromatic rings. The minimum atomic E-state index is -1.01. The van der Waals surface area contributed by atoms with Crippen molar-refractivity contribution in [1.82, 2.24) is 4.98 Å². The summed E-state index contributed by atoms with van der Waals surface area (Å²) < 4.78 is 0. The highest BCUT2D eigenvalue weighted by Crippen LogP contribution is 2.21. The lowest BCUT2D eigenvalue weighted by Gasteiger charge is -2.07. The Morgan fingerprint density at radius 2 is 2.11 bits per heavy atom. The standard InChI is InChI=1S/C13H13N3O3/c14-10-3-1-8(5-11(10)17)6-15-12-4-2-9(7-16-12)13(18)19/h1-5,7,17H,6,14H2,(H,15,16)(H,18,19). The molecule has 0 saturated heterocycles. The Labute approximate surface area is 109 Å². The molecular weight excluding hydrogens is 246 g/mol. The zero-order valence-electron chi connectivity index (χ0n) is 10.00. The molecule has 19 heavy (non-hydrogen) atoms. The third-order valence-corrected chi connectivity index (χ3v) is 2.58. The largest absolute Gasteiger partial charge is 0.506 e. The van der Waals surface area contributed by atoms with Crippen molar-refractivity contribution in [2.24, 2.45) is 0 Å². The van der Waals surface area contributed by atoms with Crippen molar-refractivity contribution in [3.05, 3.63) is 47.7 Å². The molecule has 1 aromatic heterocycles. The predicted molar refractivity (Wildman–Crippen MR) is 71.0 cm³/mol. The third kappa shape index (κ3) is 3.12. The lowest BCUT2D eigenvalue weighted by atomic mass is 10.2. The summed E-state index contributed by atoms with van der Waals surface area (Å²) in [6.07, 6.45) is 1.28. The van der Waals surface area contributed by atoms with Gasteiger partial charge < -0.3 is 21.3 Å². The topological polar surface area (TPSA) is 108 Å². The van der Waals surface area contributed by atoms with E-state index in [2.05, 4.69) is 10.3 Å². The number of rotatable bonds is 4. The first kappa shape index (κ1) is 12.7. The van der Waals surface area contributed by atoms with Gasteiger partial charge in [-0.15, -0.1) is 0 Å². The summed E-state index contributed by atoms with van der Waals surface area (Å²) in [6, 6.07) is 8.02. The zero-order valence-corrected chi connectivity index (χ0v) is 10.00. The lowest BCUT2D eigenvalue weighted by Crippen LogP contribution is -2.03. The van der Waals surface area contributed by atoms with Crippen LogP contribution in [0.5, 0.6) is 5.75 Å². The van der Waals surface area contributed by atoms with Gasteiger partial charge in [0.05, 0.1) is 11.3 Å². The van der Waals surface area contributed by atoms with Gasteiger partial charge in [0.1, 0.15) is 11.6 Å². The van der Waals surface area contributed by atoms with E-state index in [1.807, 2.05) is 0 Å². The van der Waals surface area contributed by atoms with Crippen LogP contribution in [0.1, 0.15) is 15.9 Å². The normalized spacial score (nSPS) is 10.1. The van der Waals surface area contributed by atoms with E-state index < -0.39 is 5.97 Å². The molecule has 98 valence electrons. The second-order valence-electron chi connectivity index (χ2n) is 3.98. The second kappa shape index (κ2) is 5.26. The van der Waals surface area contributed by atoms with E-state index >= 15 is 0 Å². The summed E-state index contributed by atoms with van der Waals surface area (Å²) in [4.78, 5) is 14.6. The molecule has 0 aliphatic rings. The lowest BCUT2D eigenvalue weighted by molar-refractivity contribution is 0.0696. The number of nitrogens with one attached hydrogen (secondary N) is 1. The van der Waals surface area contributed by atoms with Crippen LogP contribution < -0.4 is 11.1 Å². The first-order chi connectivity index (χ1) is 9.06. The molecule has 0 aliphatic heterocycles. The predicted octanol–water partition coefficient (Wildman–Crippen LogP) is 1.68. The van der Waals surface area contributed by atoms with Gasteiger partial charge in [-0.1, -0.05) is 6.07 Å². The van der Waals surface area contributed by atoms with Gasteiger partial charge in [0.15, 0.2) is 0 Å². The summed E-state index contributed by atoms with van der Waals surface area (Å²) in [7, 11) is 0. The van der Waals surface area contributed by atoms with E-state index in [1.54, 1.807) is 24.3 Å². The Hall–Kier alpha value is -2.76. The smallest absolute Gasteiger partial charge is 0.337 e. The minimum Gasteiger partial charge on any atom is -0.506 e. The Morgan fingerprint density at radius 3 is 2.68 bits per heavy atom. The van der Waals surface area contributed by atoms with E-state index in [9.17, 15) is 9.90 Å². The van der Waals surface area contributed by atoms with Crippen molar-refractivity contribution in [2.45, 2.75) is 6.54 Å². The van der Waals surface area contributed by atoms with Crippen LogP contribution in [0, 0.1) is 0 Å². The number of aromatic hydroxyl groups is 1. The average Bonchev–Trinajstić information content (AvgIpc) is 2.40. The van der Waals surface area contributed by atoms with Crippen LogP contribution in [-0.4, -0.2) is 21.2 Å². The SMILES string of the molecule is Nc1ccc(CNc2ccc(C(=O)O)cn2)cc1O. The van der Waals surface area contributed by atoms with Crippen LogP contribution in [0.2, 0.25) is 0 Å². The van der Waals surface area contributed by atoms with Crippen molar-refractivity contribution < 1.29 is 15.0 Å². The van der Waals surface area contributed by atoms with E-state index in [4.69, 9.17) is 10.8 Å². The van der Waals surface area contributed by atoms with Crippen molar-refractivity contribution in [1.29, 1.82) is 0 Å². The minimum absolute atomic E-state index is 0.0356. The van der Waals surface area contributed by atoms with Crippen molar-refractivity contribution in [3.63, 3.8) is 0 Å². The summed E-state index contributed by atoms with van der Waals surface area (Å²) in [6.45, 7) is 0.452. The zero-order chi connectivity index (χ0) is 13.8. The van der Waals surface area contributed by atoms with Crippen molar-refractivity contribution in [2.75, 3.05) is 11.1 Å². The number of carbonyl (C=O) groups is 1. The molecular formula is C13H13N3O3. The van der Waals surface area contributed by atoms with Crippen LogP contribution in [0.25, 0.3) is 0 Å². The molecule has 0 atom stereocenters. The van der Waals surface area contributed by atoms with Crippen molar-refractivity contribution in [3.8, 4) is 5.75 Å². The molecule has 0 amide bonds. The van der Waals surface area contributed by atoms with Gasteiger partial charge in [0, 0.05) is 12.7 Å². The number of phenols is 1. The Morgan fingerprint density at radius 1 is 1.32 bits per heavy atom. The molecule has 0 fully saturated rings. The molecule has 0 saturated carbocycles. The number of carboxylic acids is 1. The molecule has 0 bridgehead atoms. The fraction of sp³-hybridized carbons (Fsp3) is 0.0769. The quantitative estimate of drug-likeness (QED) is 0.491. The van der Waals surface area contributed by atoms with Gasteiger partial charge in [-0.05, 0) is 29.8 Å². The highest BCUT2D eigenvalue weighted by molar-refractivity contribution is 5.87. The maximum atomic E-state index is 10.7. The number of nitrogen functional groups attached to an aromatic ring is 1. The number of aromatic nitrogens is 1. The Balaban J connectivity index is 2.01. The second-order valence-corrected chi connectivity index (χ2v) is 3.98. The Kier molecular flexibility index (Phi) is 3.51. The number of aromatic carboxylic acids is 1. The molecule has 6 nitrogen and oxygen atoms in total. The Bertz CT molecular complexity index is 597. The molecule has 5 N–H and O–H groups in total. The van der Waals surface area contributed by atoms with Gasteiger partial charge in [0.25, 0.3) is 0 Å². The number of phenolic OH excluding ortho intramolecular Hbond substituents is 1. The third-order valence-electron chi connectivity index (χ3n) is 2.58. The number of carboxylic acid groups (broad SMARTS) is 1. The monoisotopic (exact) mass is 259 g/mol. The number of nitrogens with zero attached hydrogens (tertiary/aromatic N) is 1. The molecule has 0 aliphatic carbocycles. The average molecular weight is 259 g/mol. The maximum absolute atomic E-state index is 10.7. The molecule has 0 radical (unpaired) electrons. The van der Waals surface area contributed by atoms with E-state index in [0.29, 0.717) is 18.1 Å². The van der Waals surface area contributed by atoms with Crippen LogP contribution in [0.3, 0.4) is 0 Å². The van der Waals surface area contributed by atoms with Gasteiger partial charge >= 0.3 is 5.97 Å². The molecule has 1 heterocycles. The first-order valence-corrected chi connectivity index (χ1v) is 5.57. The number of anilines is 2. The van der Waals surface area contributed by atoms with Gasteiger partial charge in [-0.2, -0.15) is 0 Å². The van der Waals surface area contributed by atoms with Crippen LogP contribution in [0.15, 0.2) is 36.5 Å². The van der Waals surface area contributed by atoms with Crippen LogP contribution in [0.4, 0.5) is 11.5 Å². The number of nitrogens with two attached hydrogens (primary N) is 1. The van der Waals surface area contributed by atoms with Crippen LogP contribution >= 0.6 is 0 Å². The molecule has 0 spiro atoms. The highest BCUT2D eigenvalue weighted by atomic mass is 16.4. The van der Waals surface area contributed by atoms with E-state index in [0.717, 1.165) is 5.56 Å². The van der Waals surface area contributed by atoms with E-state index in [1.165, 1.54) is 12.3 Å². The summed E-state index contributed by atoms with van der Waals surface area (Å²) in [5.41, 5.74) is 6.81. The number of pyridine rings is 1. The summed E-state index contributed by atoms with van der Waals surface area (Å²) in [5, 5.41) is 21.2. The maximum Gasteiger partial charge on any atom is 0.337 e. The van der Waals surface area contributed by atoms with Gasteiger partial charge in [-0.25, -0.2) is 9.78 Å². The number of benzene rings is 1. The number of hydrogen-bond donors (Lipinski definition) is 4. The fourth-order valence-electron chi connectivity index (χ4n) is 1.52. The molecule has 1 aromatic carbocycles.